The fourth-order valence-corrected chi connectivity index (χ4v) is 3.35. The molecule has 0 aliphatic carbocycles. The standard InChI is InChI=1S/C20H15N3O2S/c24-18(21-14-7-2-1-3-8-14)13-26-20-15-9-4-5-10-16(15)22-19(23-20)17-11-6-12-25-17/h1-12H,13H2,(H,21,24). The lowest BCUT2D eigenvalue weighted by atomic mass is 10.2. The molecule has 4 aromatic rings. The zero-order chi connectivity index (χ0) is 17.8. The topological polar surface area (TPSA) is 68.0 Å². The number of nitrogens with one attached hydrogen (secondary N) is 1. The second-order valence-corrected chi connectivity index (χ2v) is 6.51. The molecule has 1 N–H and O–H groups in total. The molecule has 0 radical (unpaired) electrons. The van der Waals surface area contributed by atoms with Gasteiger partial charge in [-0.05, 0) is 30.3 Å². The molecule has 6 heteroatoms. The van der Waals surface area contributed by atoms with E-state index in [-0.39, 0.29) is 11.7 Å². The van der Waals surface area contributed by atoms with E-state index >= 15 is 0 Å². The van der Waals surface area contributed by atoms with Crippen LogP contribution in [0.3, 0.4) is 0 Å². The van der Waals surface area contributed by atoms with E-state index in [1.165, 1.54) is 11.8 Å². The molecule has 2 aromatic carbocycles. The molecular formula is C20H15N3O2S. The maximum absolute atomic E-state index is 12.2. The van der Waals surface area contributed by atoms with Gasteiger partial charge in [-0.25, -0.2) is 9.97 Å². The number of para-hydroxylation sites is 2. The van der Waals surface area contributed by atoms with Gasteiger partial charge in [0.05, 0.1) is 17.5 Å². The van der Waals surface area contributed by atoms with Gasteiger partial charge >= 0.3 is 0 Å². The maximum Gasteiger partial charge on any atom is 0.234 e. The first-order valence-corrected chi connectivity index (χ1v) is 9.06. The van der Waals surface area contributed by atoms with Crippen LogP contribution in [0.2, 0.25) is 0 Å². The molecular weight excluding hydrogens is 346 g/mol. The van der Waals surface area contributed by atoms with Crippen LogP contribution in [-0.4, -0.2) is 21.6 Å². The summed E-state index contributed by atoms with van der Waals surface area (Å²) in [5.41, 5.74) is 1.60. The Labute approximate surface area is 154 Å². The van der Waals surface area contributed by atoms with E-state index in [4.69, 9.17) is 4.42 Å². The lowest BCUT2D eigenvalue weighted by Gasteiger charge is -2.08. The van der Waals surface area contributed by atoms with Crippen LogP contribution in [0.25, 0.3) is 22.5 Å². The SMILES string of the molecule is O=C(CSc1nc(-c2ccco2)nc2ccccc12)Nc1ccccc1. The number of carbonyl (C=O) groups is 1. The van der Waals surface area contributed by atoms with Crippen molar-refractivity contribution in [1.29, 1.82) is 0 Å². The number of aromatic nitrogens is 2. The van der Waals surface area contributed by atoms with Crippen molar-refractivity contribution in [2.45, 2.75) is 5.03 Å². The van der Waals surface area contributed by atoms with Gasteiger partial charge in [-0.2, -0.15) is 0 Å². The molecule has 0 saturated heterocycles. The molecule has 5 nitrogen and oxygen atoms in total. The third kappa shape index (κ3) is 3.60. The molecule has 128 valence electrons. The van der Waals surface area contributed by atoms with Gasteiger partial charge < -0.3 is 9.73 Å². The summed E-state index contributed by atoms with van der Waals surface area (Å²) in [4.78, 5) is 21.4. The number of carbonyl (C=O) groups excluding carboxylic acids is 1. The molecule has 4 rings (SSSR count). The third-order valence-corrected chi connectivity index (χ3v) is 4.70. The van der Waals surface area contributed by atoms with Gasteiger partial charge in [-0.3, -0.25) is 4.79 Å². The molecule has 1 amide bonds. The first kappa shape index (κ1) is 16.4. The van der Waals surface area contributed by atoms with Crippen molar-refractivity contribution < 1.29 is 9.21 Å². The first-order valence-electron chi connectivity index (χ1n) is 8.08. The highest BCUT2D eigenvalue weighted by Crippen LogP contribution is 2.28. The molecule has 0 unspecified atom stereocenters. The molecule has 2 aromatic heterocycles. The van der Waals surface area contributed by atoms with E-state index in [1.807, 2.05) is 60.7 Å². The number of furan rings is 1. The summed E-state index contributed by atoms with van der Waals surface area (Å²) >= 11 is 1.38. The Morgan fingerprint density at radius 2 is 1.77 bits per heavy atom. The lowest BCUT2D eigenvalue weighted by Crippen LogP contribution is -2.14. The summed E-state index contributed by atoms with van der Waals surface area (Å²) in [7, 11) is 0. The van der Waals surface area contributed by atoms with Crippen molar-refractivity contribution in [2.24, 2.45) is 0 Å². The highest BCUT2D eigenvalue weighted by Gasteiger charge is 2.13. The molecule has 0 saturated carbocycles. The highest BCUT2D eigenvalue weighted by molar-refractivity contribution is 8.00. The van der Waals surface area contributed by atoms with Crippen LogP contribution in [0, 0.1) is 0 Å². The Hall–Kier alpha value is -3.12. The van der Waals surface area contributed by atoms with Crippen LogP contribution >= 0.6 is 11.8 Å². The van der Waals surface area contributed by atoms with Crippen LogP contribution < -0.4 is 5.32 Å². The minimum absolute atomic E-state index is 0.0801. The zero-order valence-electron chi connectivity index (χ0n) is 13.8. The predicted molar refractivity (Wildman–Crippen MR) is 103 cm³/mol. The Morgan fingerprint density at radius 1 is 0.962 bits per heavy atom. The molecule has 0 aliphatic heterocycles. The van der Waals surface area contributed by atoms with Gasteiger partial charge in [0, 0.05) is 11.1 Å². The van der Waals surface area contributed by atoms with Gasteiger partial charge in [-0.1, -0.05) is 48.2 Å². The Bertz CT molecular complexity index is 1030. The van der Waals surface area contributed by atoms with E-state index in [1.54, 1.807) is 12.3 Å². The fourth-order valence-electron chi connectivity index (χ4n) is 2.53. The molecule has 0 fully saturated rings. The Morgan fingerprint density at radius 3 is 2.58 bits per heavy atom. The Kier molecular flexibility index (Phi) is 4.66. The summed E-state index contributed by atoms with van der Waals surface area (Å²) in [5, 5.41) is 4.55. The molecule has 0 spiro atoms. The van der Waals surface area contributed by atoms with E-state index in [0.717, 1.165) is 21.6 Å². The number of amides is 1. The van der Waals surface area contributed by atoms with Crippen LogP contribution in [0.5, 0.6) is 0 Å². The first-order chi connectivity index (χ1) is 12.8. The van der Waals surface area contributed by atoms with E-state index in [2.05, 4.69) is 15.3 Å². The second-order valence-electron chi connectivity index (χ2n) is 5.55. The fraction of sp³-hybridized carbons (Fsp3) is 0.0500. The normalized spacial score (nSPS) is 10.8. The summed E-state index contributed by atoms with van der Waals surface area (Å²) in [5.74, 6) is 1.29. The number of hydrogen-bond acceptors (Lipinski definition) is 5. The highest BCUT2D eigenvalue weighted by atomic mass is 32.2. The number of anilines is 1. The monoisotopic (exact) mass is 361 g/mol. The minimum atomic E-state index is -0.0801. The molecule has 2 heterocycles. The van der Waals surface area contributed by atoms with Crippen LogP contribution in [0.15, 0.2) is 82.4 Å². The number of hydrogen-bond donors (Lipinski definition) is 1. The van der Waals surface area contributed by atoms with E-state index < -0.39 is 0 Å². The van der Waals surface area contributed by atoms with E-state index in [0.29, 0.717) is 11.6 Å². The number of rotatable bonds is 5. The Balaban J connectivity index is 1.58. The van der Waals surface area contributed by atoms with Gasteiger partial charge in [0.15, 0.2) is 11.6 Å². The zero-order valence-corrected chi connectivity index (χ0v) is 14.6. The van der Waals surface area contributed by atoms with E-state index in [9.17, 15) is 4.79 Å². The number of nitrogens with zero attached hydrogens (tertiary/aromatic N) is 2. The number of thioether (sulfide) groups is 1. The largest absolute Gasteiger partial charge is 0.461 e. The quantitative estimate of drug-likeness (QED) is 0.415. The van der Waals surface area contributed by atoms with Crippen molar-refractivity contribution >= 4 is 34.3 Å². The number of benzene rings is 2. The predicted octanol–water partition coefficient (Wildman–Crippen LogP) is 4.62. The molecule has 0 bridgehead atoms. The van der Waals surface area contributed by atoms with Crippen LogP contribution in [0.4, 0.5) is 5.69 Å². The summed E-state index contributed by atoms with van der Waals surface area (Å²) in [6, 6.07) is 20.8. The van der Waals surface area contributed by atoms with Crippen molar-refractivity contribution in [3.63, 3.8) is 0 Å². The summed E-state index contributed by atoms with van der Waals surface area (Å²) < 4.78 is 5.41. The summed E-state index contributed by atoms with van der Waals surface area (Å²) in [6.07, 6.45) is 1.59. The van der Waals surface area contributed by atoms with Crippen LogP contribution in [0.1, 0.15) is 0 Å². The van der Waals surface area contributed by atoms with Crippen molar-refractivity contribution in [2.75, 3.05) is 11.1 Å². The van der Waals surface area contributed by atoms with Gasteiger partial charge in [0.1, 0.15) is 5.03 Å². The number of fused-ring (bicyclic) bond motifs is 1. The average Bonchev–Trinajstić information content (AvgIpc) is 3.21. The van der Waals surface area contributed by atoms with Crippen molar-refractivity contribution in [3.05, 3.63) is 73.0 Å². The second kappa shape index (κ2) is 7.41. The van der Waals surface area contributed by atoms with Gasteiger partial charge in [-0.15, -0.1) is 0 Å². The smallest absolute Gasteiger partial charge is 0.234 e. The molecule has 26 heavy (non-hydrogen) atoms. The van der Waals surface area contributed by atoms with Crippen molar-refractivity contribution in [1.82, 2.24) is 9.97 Å². The van der Waals surface area contributed by atoms with Gasteiger partial charge in [0.25, 0.3) is 0 Å². The maximum atomic E-state index is 12.2. The molecule has 0 atom stereocenters. The molecule has 0 aliphatic rings. The van der Waals surface area contributed by atoms with Crippen LogP contribution in [-0.2, 0) is 4.79 Å². The summed E-state index contributed by atoms with van der Waals surface area (Å²) in [6.45, 7) is 0. The lowest BCUT2D eigenvalue weighted by molar-refractivity contribution is -0.113. The van der Waals surface area contributed by atoms with Gasteiger partial charge in [0.2, 0.25) is 5.91 Å². The average molecular weight is 361 g/mol. The van der Waals surface area contributed by atoms with Crippen molar-refractivity contribution in [3.8, 4) is 11.6 Å². The minimum Gasteiger partial charge on any atom is -0.461 e. The third-order valence-electron chi connectivity index (χ3n) is 3.71.